The Balaban J connectivity index is 1.94. The molecular formula is C21H33N3O4. The second kappa shape index (κ2) is 9.87. The Hall–Kier alpha value is -2.15. The van der Waals surface area contributed by atoms with Crippen LogP contribution in [0, 0.1) is 5.92 Å². The van der Waals surface area contributed by atoms with Gasteiger partial charge in [-0.1, -0.05) is 6.92 Å². The van der Waals surface area contributed by atoms with E-state index in [0.717, 1.165) is 24.8 Å². The molecule has 7 heteroatoms. The molecule has 1 fully saturated rings. The van der Waals surface area contributed by atoms with E-state index in [9.17, 15) is 9.59 Å². The maximum Gasteiger partial charge on any atom is 0.410 e. The molecule has 2 heterocycles. The van der Waals surface area contributed by atoms with Crippen molar-refractivity contribution in [2.24, 2.45) is 5.92 Å². The summed E-state index contributed by atoms with van der Waals surface area (Å²) in [5.74, 6) is -0.451. The third kappa shape index (κ3) is 6.19. The first kappa shape index (κ1) is 22.1. The number of nitrogens with zero attached hydrogens (tertiary/aromatic N) is 2. The van der Waals surface area contributed by atoms with E-state index in [1.165, 1.54) is 0 Å². The zero-order valence-corrected chi connectivity index (χ0v) is 17.6. The molecule has 7 nitrogen and oxygen atoms in total. The fourth-order valence-corrected chi connectivity index (χ4v) is 3.57. The highest BCUT2D eigenvalue weighted by Gasteiger charge is 2.41. The van der Waals surface area contributed by atoms with Gasteiger partial charge in [0, 0.05) is 32.6 Å². The van der Waals surface area contributed by atoms with Crippen molar-refractivity contribution in [3.8, 4) is 0 Å². The van der Waals surface area contributed by atoms with Crippen molar-refractivity contribution in [2.45, 2.75) is 64.7 Å². The molecule has 0 unspecified atom stereocenters. The number of hydrogen-bond donors (Lipinski definition) is 1. The molecule has 1 aliphatic heterocycles. The van der Waals surface area contributed by atoms with Crippen molar-refractivity contribution in [3.63, 3.8) is 0 Å². The molecule has 28 heavy (non-hydrogen) atoms. The molecule has 156 valence electrons. The standard InChI is InChI=1S/C21H33N3O4/c1-15(19(25)23-13-10-16-8-11-22-12-9-16)18(27-5)17-7-6-14-24(17)20(26)28-21(2,3)4/h8-9,11-12,15,17-18H,6-7,10,13-14H2,1-5H3,(H,23,25)/t15-,17+,18-/m1/s1. The minimum absolute atomic E-state index is 0.0723. The molecule has 1 aliphatic rings. The smallest absolute Gasteiger partial charge is 0.410 e. The molecule has 1 aromatic rings. The van der Waals surface area contributed by atoms with Gasteiger partial charge in [0.05, 0.1) is 18.1 Å². The van der Waals surface area contributed by atoms with Gasteiger partial charge >= 0.3 is 6.09 Å². The lowest BCUT2D eigenvalue weighted by molar-refractivity contribution is -0.130. The Bertz CT molecular complexity index is 645. The predicted molar refractivity (Wildman–Crippen MR) is 107 cm³/mol. The van der Waals surface area contributed by atoms with Crippen molar-refractivity contribution in [3.05, 3.63) is 30.1 Å². The average molecular weight is 392 g/mol. The molecule has 0 saturated carbocycles. The SMILES string of the molecule is CO[C@H]([C@@H](C)C(=O)NCCc1ccncc1)[C@@H]1CCCN1C(=O)OC(C)(C)C. The second-order valence-electron chi connectivity index (χ2n) is 8.27. The van der Waals surface area contributed by atoms with Crippen LogP contribution in [-0.4, -0.2) is 59.8 Å². The number of hydrogen-bond acceptors (Lipinski definition) is 5. The summed E-state index contributed by atoms with van der Waals surface area (Å²) in [5, 5.41) is 2.98. The van der Waals surface area contributed by atoms with Crippen molar-refractivity contribution in [1.82, 2.24) is 15.2 Å². The molecule has 1 saturated heterocycles. The molecule has 0 radical (unpaired) electrons. The maximum absolute atomic E-state index is 12.7. The zero-order chi connectivity index (χ0) is 20.7. The van der Waals surface area contributed by atoms with Crippen molar-refractivity contribution >= 4 is 12.0 Å². The average Bonchev–Trinajstić information content (AvgIpc) is 3.11. The number of nitrogens with one attached hydrogen (secondary N) is 1. The molecule has 2 amide bonds. The largest absolute Gasteiger partial charge is 0.444 e. The highest BCUT2D eigenvalue weighted by atomic mass is 16.6. The Kier molecular flexibility index (Phi) is 7.80. The highest BCUT2D eigenvalue weighted by molar-refractivity contribution is 5.79. The predicted octanol–water partition coefficient (Wildman–Crippen LogP) is 2.79. The van der Waals surface area contributed by atoms with E-state index >= 15 is 0 Å². The summed E-state index contributed by atoms with van der Waals surface area (Å²) in [5.41, 5.74) is 0.570. The summed E-state index contributed by atoms with van der Waals surface area (Å²) in [6.45, 7) is 8.56. The van der Waals surface area contributed by atoms with E-state index in [1.807, 2.05) is 39.8 Å². The normalized spacial score (nSPS) is 19.2. The van der Waals surface area contributed by atoms with Gasteiger partial charge in [0.1, 0.15) is 5.60 Å². The van der Waals surface area contributed by atoms with Gasteiger partial charge < -0.3 is 19.7 Å². The van der Waals surface area contributed by atoms with Gasteiger partial charge in [-0.05, 0) is 57.7 Å². The van der Waals surface area contributed by atoms with E-state index in [2.05, 4.69) is 10.3 Å². The molecule has 1 aromatic heterocycles. The summed E-state index contributed by atoms with van der Waals surface area (Å²) < 4.78 is 11.2. The maximum atomic E-state index is 12.7. The van der Waals surface area contributed by atoms with Crippen molar-refractivity contribution < 1.29 is 19.1 Å². The fraction of sp³-hybridized carbons (Fsp3) is 0.667. The molecular weight excluding hydrogens is 358 g/mol. The first-order chi connectivity index (χ1) is 13.2. The van der Waals surface area contributed by atoms with Crippen LogP contribution in [0.5, 0.6) is 0 Å². The van der Waals surface area contributed by atoms with Crippen LogP contribution in [0.1, 0.15) is 46.1 Å². The number of likely N-dealkylation sites (tertiary alicyclic amines) is 1. The van der Waals surface area contributed by atoms with Crippen LogP contribution in [0.2, 0.25) is 0 Å². The lowest BCUT2D eigenvalue weighted by atomic mass is 9.95. The van der Waals surface area contributed by atoms with Gasteiger partial charge in [0.25, 0.3) is 0 Å². The molecule has 0 bridgehead atoms. The minimum Gasteiger partial charge on any atom is -0.444 e. The van der Waals surface area contributed by atoms with Gasteiger partial charge in [-0.25, -0.2) is 4.79 Å². The quantitative estimate of drug-likeness (QED) is 0.773. The number of carbonyl (C=O) groups excluding carboxylic acids is 2. The number of ether oxygens (including phenoxy) is 2. The van der Waals surface area contributed by atoms with E-state index in [0.29, 0.717) is 13.1 Å². The van der Waals surface area contributed by atoms with Gasteiger partial charge in [-0.3, -0.25) is 9.78 Å². The van der Waals surface area contributed by atoms with Gasteiger partial charge in [0.15, 0.2) is 0 Å². The summed E-state index contributed by atoms with van der Waals surface area (Å²) >= 11 is 0. The summed E-state index contributed by atoms with van der Waals surface area (Å²) in [4.78, 5) is 30.9. The van der Waals surface area contributed by atoms with Gasteiger partial charge in [0.2, 0.25) is 5.91 Å². The van der Waals surface area contributed by atoms with Crippen LogP contribution in [0.15, 0.2) is 24.5 Å². The lowest BCUT2D eigenvalue weighted by Crippen LogP contribution is -2.50. The van der Waals surface area contributed by atoms with E-state index in [4.69, 9.17) is 9.47 Å². The van der Waals surface area contributed by atoms with E-state index in [-0.39, 0.29) is 30.1 Å². The first-order valence-corrected chi connectivity index (χ1v) is 9.92. The number of rotatable bonds is 7. The molecule has 0 spiro atoms. The van der Waals surface area contributed by atoms with Crippen LogP contribution >= 0.6 is 0 Å². The van der Waals surface area contributed by atoms with E-state index in [1.54, 1.807) is 24.4 Å². The fourth-order valence-electron chi connectivity index (χ4n) is 3.57. The van der Waals surface area contributed by atoms with Crippen molar-refractivity contribution in [2.75, 3.05) is 20.2 Å². The summed E-state index contributed by atoms with van der Waals surface area (Å²) in [6, 6.07) is 3.70. The Labute approximate surface area is 167 Å². The number of amides is 2. The van der Waals surface area contributed by atoms with Crippen molar-refractivity contribution in [1.29, 1.82) is 0 Å². The molecule has 0 aliphatic carbocycles. The summed E-state index contributed by atoms with van der Waals surface area (Å²) in [7, 11) is 1.59. The van der Waals surface area contributed by atoms with Gasteiger partial charge in [-0.15, -0.1) is 0 Å². The highest BCUT2D eigenvalue weighted by Crippen LogP contribution is 2.28. The number of pyridine rings is 1. The first-order valence-electron chi connectivity index (χ1n) is 9.92. The van der Waals surface area contributed by atoms with Crippen LogP contribution in [0.3, 0.4) is 0 Å². The van der Waals surface area contributed by atoms with Gasteiger partial charge in [-0.2, -0.15) is 0 Å². The zero-order valence-electron chi connectivity index (χ0n) is 17.6. The summed E-state index contributed by atoms with van der Waals surface area (Å²) in [6.07, 6.45) is 5.18. The molecule has 1 N–H and O–H groups in total. The number of aromatic nitrogens is 1. The van der Waals surface area contributed by atoms with Crippen LogP contribution in [0.4, 0.5) is 4.79 Å². The Morgan fingerprint density at radius 1 is 1.32 bits per heavy atom. The third-order valence-electron chi connectivity index (χ3n) is 4.95. The molecule has 2 rings (SSSR count). The number of carbonyl (C=O) groups is 2. The Morgan fingerprint density at radius 2 is 2.00 bits per heavy atom. The molecule has 0 aromatic carbocycles. The van der Waals surface area contributed by atoms with Crippen LogP contribution in [0.25, 0.3) is 0 Å². The van der Waals surface area contributed by atoms with Crippen LogP contribution < -0.4 is 5.32 Å². The lowest BCUT2D eigenvalue weighted by Gasteiger charge is -2.34. The van der Waals surface area contributed by atoms with E-state index < -0.39 is 5.60 Å². The number of methoxy groups -OCH3 is 1. The van der Waals surface area contributed by atoms with Crippen LogP contribution in [-0.2, 0) is 20.7 Å². The molecule has 3 atom stereocenters. The third-order valence-corrected chi connectivity index (χ3v) is 4.95. The monoisotopic (exact) mass is 391 g/mol. The minimum atomic E-state index is -0.553. The Morgan fingerprint density at radius 3 is 2.61 bits per heavy atom. The second-order valence-corrected chi connectivity index (χ2v) is 8.27. The topological polar surface area (TPSA) is 80.8 Å².